The molecule has 0 fully saturated rings. The Kier molecular flexibility index (Phi) is 11.9. The molecule has 0 atom stereocenters. The summed E-state index contributed by atoms with van der Waals surface area (Å²) in [5.41, 5.74) is 0. The third-order valence-electron chi connectivity index (χ3n) is 0. The van der Waals surface area contributed by atoms with Crippen LogP contribution in [0.4, 0.5) is 0 Å². The van der Waals surface area contributed by atoms with Gasteiger partial charge in [0, 0.05) is 0 Å². The summed E-state index contributed by atoms with van der Waals surface area (Å²) in [5.74, 6) is 0. The van der Waals surface area contributed by atoms with Gasteiger partial charge in [0.2, 0.25) is 0 Å². The van der Waals surface area contributed by atoms with E-state index < -0.39 is 7.82 Å². The molecule has 0 unspecified atom stereocenters. The van der Waals surface area contributed by atoms with Crippen LogP contribution in [0.3, 0.4) is 0 Å². The molecule has 40 valence electrons. The number of hydrogen-bond acceptors (Lipinski definition) is 1. The molecule has 0 saturated carbocycles. The molecule has 0 aromatic carbocycles. The summed E-state index contributed by atoms with van der Waals surface area (Å²) >= 11 is 0. The summed E-state index contributed by atoms with van der Waals surface area (Å²) in [5, 5.41) is 0. The number of phosphoric acid groups is 1. The summed E-state index contributed by atoms with van der Waals surface area (Å²) in [6.45, 7) is 0. The fourth-order valence-corrected chi connectivity index (χ4v) is 0. The van der Waals surface area contributed by atoms with Gasteiger partial charge in [-0.15, -0.1) is 0 Å². The molecule has 3 N–H and O–H groups in total. The van der Waals surface area contributed by atoms with Crippen LogP contribution in [0.5, 0.6) is 0 Å². The van der Waals surface area contributed by atoms with Crippen molar-refractivity contribution in [2.75, 3.05) is 0 Å². The van der Waals surface area contributed by atoms with Crippen LogP contribution >= 0.6 is 7.82 Å². The Hall–Kier alpha value is 1.17. The summed E-state index contributed by atoms with van der Waals surface area (Å²) in [6.07, 6.45) is 0. The van der Waals surface area contributed by atoms with Crippen LogP contribution in [0.1, 0.15) is 0 Å². The van der Waals surface area contributed by atoms with E-state index in [1.54, 1.807) is 0 Å². The second-order valence-corrected chi connectivity index (χ2v) is 1.54. The van der Waals surface area contributed by atoms with Crippen molar-refractivity contribution in [1.82, 2.24) is 0 Å². The van der Waals surface area contributed by atoms with Crippen molar-refractivity contribution in [2.24, 2.45) is 0 Å². The third kappa shape index (κ3) is 139. The molecule has 0 aromatic rings. The van der Waals surface area contributed by atoms with E-state index in [1.807, 2.05) is 0 Å². The molecule has 0 aliphatic heterocycles. The smallest absolute Gasteiger partial charge is 0.303 e. The van der Waals surface area contributed by atoms with E-state index >= 15 is 0 Å². The molecule has 0 heterocycles. The Morgan fingerprint density at radius 3 is 1.14 bits per heavy atom. The minimum Gasteiger partial charge on any atom is -0.303 e. The Balaban J connectivity index is -0.0000000800. The van der Waals surface area contributed by atoms with E-state index in [9.17, 15) is 0 Å². The molecular weight excluding hydrogens is 129 g/mol. The zero-order valence-electron chi connectivity index (χ0n) is 3.20. The maximum absolute atomic E-state index is 8.88. The molecule has 0 spiro atoms. The first-order valence-electron chi connectivity index (χ1n) is 0.783. The molecule has 0 aliphatic rings. The monoisotopic (exact) mass is 136 g/mol. The van der Waals surface area contributed by atoms with Gasteiger partial charge in [-0.1, -0.05) is 8.41 Å². The fraction of sp³-hybridized carbons (Fsp3) is 0. The normalized spacial score (nSPS) is 8.43. The average Bonchev–Trinajstić information content (AvgIpc) is 0.722. The van der Waals surface area contributed by atoms with Crippen molar-refractivity contribution < 1.29 is 48.8 Å². The molecule has 0 saturated heterocycles. The maximum atomic E-state index is 8.88. The third-order valence-corrected chi connectivity index (χ3v) is 0. The quantitative estimate of drug-likeness (QED) is 0.229. The number of rotatable bonds is 0. The van der Waals surface area contributed by atoms with Gasteiger partial charge in [0.1, 0.15) is 0 Å². The van der Waals surface area contributed by atoms with Gasteiger partial charge < -0.3 is 14.7 Å². The van der Waals surface area contributed by atoms with Crippen LogP contribution in [-0.2, 0) is 4.57 Å². The van der Waals surface area contributed by atoms with E-state index in [0.717, 1.165) is 0 Å². The first-order valence-corrected chi connectivity index (χ1v) is 2.35. The van der Waals surface area contributed by atoms with Crippen LogP contribution in [-0.4, -0.2) is 23.1 Å². The van der Waals surface area contributed by atoms with Gasteiger partial charge in [0.15, 0.2) is 0 Å². The number of hydrogen-bond donors (Lipinski definition) is 3. The van der Waals surface area contributed by atoms with Crippen LogP contribution in [0.15, 0.2) is 0 Å². The zero-order valence-corrected chi connectivity index (χ0v) is 6.09. The van der Waals surface area contributed by atoms with Gasteiger partial charge in [-0.2, -0.15) is 0 Å². The Bertz CT molecular complexity index is 57.8. The molecular formula is H7BNaO4P. The summed E-state index contributed by atoms with van der Waals surface area (Å²) in [6, 6.07) is 0. The zero-order chi connectivity index (χ0) is 4.50. The van der Waals surface area contributed by atoms with Crippen molar-refractivity contribution in [2.45, 2.75) is 0 Å². The Morgan fingerprint density at radius 1 is 1.14 bits per heavy atom. The van der Waals surface area contributed by atoms with E-state index in [1.165, 1.54) is 0 Å². The molecule has 4 nitrogen and oxygen atoms in total. The van der Waals surface area contributed by atoms with E-state index in [0.29, 0.717) is 0 Å². The second kappa shape index (κ2) is 5.31. The molecule has 7 heavy (non-hydrogen) atoms. The van der Waals surface area contributed by atoms with Gasteiger partial charge >= 0.3 is 37.4 Å². The molecule has 0 aliphatic carbocycles. The van der Waals surface area contributed by atoms with Crippen LogP contribution in [0.2, 0.25) is 0 Å². The summed E-state index contributed by atoms with van der Waals surface area (Å²) in [4.78, 5) is 21.6. The minimum atomic E-state index is -4.64. The van der Waals surface area contributed by atoms with Gasteiger partial charge in [-0.3, -0.25) is 0 Å². The van der Waals surface area contributed by atoms with Crippen LogP contribution < -0.4 is 29.6 Å². The molecule has 7 heteroatoms. The van der Waals surface area contributed by atoms with Crippen LogP contribution in [0.25, 0.3) is 0 Å². The predicted molar refractivity (Wildman–Crippen MR) is 25.6 cm³/mol. The second-order valence-electron chi connectivity index (χ2n) is 0.513. The standard InChI is InChI=1S/BH4.Na.H3O4P/c;;1-5(2,3)4/h1H4;;(H3,1,2,3,4)/q-1;+1;. The minimum absolute atomic E-state index is 0. The molecule has 0 aromatic heterocycles. The van der Waals surface area contributed by atoms with Crippen molar-refractivity contribution >= 4 is 16.2 Å². The van der Waals surface area contributed by atoms with E-state index in [4.69, 9.17) is 19.2 Å². The average molecular weight is 136 g/mol. The maximum Gasteiger partial charge on any atom is 1.00 e. The SMILES string of the molecule is O=P(O)(O)O.[BH4-].[Na+]. The van der Waals surface area contributed by atoms with Gasteiger partial charge in [-0.25, -0.2) is 4.57 Å². The predicted octanol–water partition coefficient (Wildman–Crippen LogP) is -5.38. The van der Waals surface area contributed by atoms with Crippen molar-refractivity contribution in [3.63, 3.8) is 0 Å². The molecule has 0 bridgehead atoms. The first-order chi connectivity index (χ1) is 2.00. The van der Waals surface area contributed by atoms with Crippen molar-refractivity contribution in [3.8, 4) is 0 Å². The van der Waals surface area contributed by atoms with Crippen molar-refractivity contribution in [3.05, 3.63) is 0 Å². The Labute approximate surface area is 65.0 Å². The van der Waals surface area contributed by atoms with Crippen molar-refractivity contribution in [1.29, 1.82) is 0 Å². The fourth-order valence-electron chi connectivity index (χ4n) is 0. The summed E-state index contributed by atoms with van der Waals surface area (Å²) < 4.78 is 8.88. The van der Waals surface area contributed by atoms with E-state index in [-0.39, 0.29) is 38.0 Å². The molecule has 0 amide bonds. The van der Waals surface area contributed by atoms with E-state index in [2.05, 4.69) is 0 Å². The van der Waals surface area contributed by atoms with Gasteiger partial charge in [-0.05, 0) is 0 Å². The van der Waals surface area contributed by atoms with Gasteiger partial charge in [0.25, 0.3) is 0 Å². The van der Waals surface area contributed by atoms with Gasteiger partial charge in [0.05, 0.1) is 0 Å². The first kappa shape index (κ1) is 15.7. The van der Waals surface area contributed by atoms with Crippen LogP contribution in [0, 0.1) is 0 Å². The Morgan fingerprint density at radius 2 is 1.14 bits per heavy atom. The molecule has 0 rings (SSSR count). The summed E-state index contributed by atoms with van der Waals surface area (Å²) in [7, 11) is -4.64. The largest absolute Gasteiger partial charge is 1.00 e. The topological polar surface area (TPSA) is 77.8 Å². The molecule has 0 radical (unpaired) electrons.